The molecule has 0 spiro atoms. The lowest BCUT2D eigenvalue weighted by molar-refractivity contribution is -0.220. The van der Waals surface area contributed by atoms with Gasteiger partial charge in [0, 0.05) is 12.8 Å². The van der Waals surface area contributed by atoms with Crippen LogP contribution in [-0.4, -0.2) is 98.3 Å². The number of rotatable bonds is 33. The first kappa shape index (κ1) is 53.3. The molecular formula is C44H73O13P. The van der Waals surface area contributed by atoms with Crippen molar-refractivity contribution in [1.29, 1.82) is 0 Å². The molecular weight excluding hydrogens is 767 g/mol. The van der Waals surface area contributed by atoms with Gasteiger partial charge in [-0.25, -0.2) is 4.57 Å². The number of phosphoric ester groups is 1. The van der Waals surface area contributed by atoms with E-state index < -0.39 is 75.7 Å². The monoisotopic (exact) mass is 840 g/mol. The highest BCUT2D eigenvalue weighted by Gasteiger charge is 2.51. The van der Waals surface area contributed by atoms with E-state index in [0.717, 1.165) is 77.0 Å². The summed E-state index contributed by atoms with van der Waals surface area (Å²) in [7, 11) is -5.13. The van der Waals surface area contributed by atoms with Crippen molar-refractivity contribution in [3.63, 3.8) is 0 Å². The fourth-order valence-electron chi connectivity index (χ4n) is 5.82. The highest BCUT2D eigenvalue weighted by atomic mass is 31.2. The largest absolute Gasteiger partial charge is 0.472 e. The van der Waals surface area contributed by atoms with Crippen molar-refractivity contribution < 1.29 is 63.1 Å². The molecule has 58 heavy (non-hydrogen) atoms. The molecule has 1 aliphatic carbocycles. The second-order valence-electron chi connectivity index (χ2n) is 14.5. The average Bonchev–Trinajstić information content (AvgIpc) is 3.20. The molecule has 6 N–H and O–H groups in total. The summed E-state index contributed by atoms with van der Waals surface area (Å²) in [5.74, 6) is -1.17. The van der Waals surface area contributed by atoms with E-state index in [2.05, 4.69) is 80.7 Å². The second-order valence-corrected chi connectivity index (χ2v) is 15.9. The third-order valence-corrected chi connectivity index (χ3v) is 10.3. The molecule has 13 nitrogen and oxygen atoms in total. The standard InChI is InChI=1S/C44H73O13P/c1-3-5-7-9-11-13-15-17-19-21-23-25-27-29-31-33-38(46)56-36(35-55-58(52,53)57-44-42(50)40(48)39(47)41(49)43(44)51)34-54-37(45)32-30-28-26-24-22-20-18-16-14-12-10-8-6-4-2/h5,7,10-13,16-19,23,25,36,39-44,47-51H,3-4,6,8-9,14-15,20-22,24,26-35H2,1-2H3,(H,52,53)/b7-5+,12-10+,13-11+,18-16+,19-17+,25-23+/t36-,39?,40-,41?,42?,43?,44?/m0/s1. The van der Waals surface area contributed by atoms with E-state index in [-0.39, 0.29) is 12.8 Å². The number of carbonyl (C=O) groups excluding carboxylic acids is 2. The lowest BCUT2D eigenvalue weighted by atomic mass is 9.85. The van der Waals surface area contributed by atoms with Gasteiger partial charge < -0.3 is 39.9 Å². The Bertz CT molecular complexity index is 1290. The molecule has 0 bridgehead atoms. The van der Waals surface area contributed by atoms with Crippen molar-refractivity contribution in [2.24, 2.45) is 0 Å². The number of carbonyl (C=O) groups is 2. The molecule has 332 valence electrons. The quantitative estimate of drug-likeness (QED) is 0.0163. The van der Waals surface area contributed by atoms with Gasteiger partial charge in [-0.15, -0.1) is 0 Å². The third-order valence-electron chi connectivity index (χ3n) is 9.28. The van der Waals surface area contributed by atoms with Crippen LogP contribution in [-0.2, 0) is 32.7 Å². The molecule has 14 heteroatoms. The summed E-state index contributed by atoms with van der Waals surface area (Å²) in [6.45, 7) is 3.07. The first-order valence-corrected chi connectivity index (χ1v) is 22.7. The molecule has 8 atom stereocenters. The van der Waals surface area contributed by atoms with Gasteiger partial charge in [-0.1, -0.05) is 119 Å². The molecule has 6 unspecified atom stereocenters. The van der Waals surface area contributed by atoms with Crippen molar-refractivity contribution >= 4 is 19.8 Å². The maximum atomic E-state index is 12.8. The van der Waals surface area contributed by atoms with Gasteiger partial charge in [0.15, 0.2) is 6.10 Å². The van der Waals surface area contributed by atoms with Gasteiger partial charge in [0.1, 0.15) is 43.2 Å². The lowest BCUT2D eigenvalue weighted by Gasteiger charge is -2.41. The zero-order chi connectivity index (χ0) is 42.9. The lowest BCUT2D eigenvalue weighted by Crippen LogP contribution is -2.64. The minimum Gasteiger partial charge on any atom is -0.462 e. The van der Waals surface area contributed by atoms with E-state index in [9.17, 15) is 44.6 Å². The fourth-order valence-corrected chi connectivity index (χ4v) is 6.79. The van der Waals surface area contributed by atoms with Gasteiger partial charge in [0.05, 0.1) is 6.61 Å². The average molecular weight is 841 g/mol. The highest BCUT2D eigenvalue weighted by molar-refractivity contribution is 7.47. The zero-order valence-corrected chi connectivity index (χ0v) is 35.7. The highest BCUT2D eigenvalue weighted by Crippen LogP contribution is 2.47. The van der Waals surface area contributed by atoms with Crippen LogP contribution in [0.15, 0.2) is 72.9 Å². The van der Waals surface area contributed by atoms with Crippen molar-refractivity contribution in [3.05, 3.63) is 72.9 Å². The number of aliphatic hydroxyl groups is 5. The smallest absolute Gasteiger partial charge is 0.462 e. The summed E-state index contributed by atoms with van der Waals surface area (Å²) in [4.78, 5) is 35.6. The van der Waals surface area contributed by atoms with E-state index >= 15 is 0 Å². The van der Waals surface area contributed by atoms with Crippen molar-refractivity contribution in [1.82, 2.24) is 0 Å². The van der Waals surface area contributed by atoms with E-state index in [1.807, 2.05) is 6.08 Å². The van der Waals surface area contributed by atoms with Gasteiger partial charge in [-0.3, -0.25) is 18.6 Å². The predicted octanol–water partition coefficient (Wildman–Crippen LogP) is 7.55. The van der Waals surface area contributed by atoms with Crippen LogP contribution in [0.5, 0.6) is 0 Å². The van der Waals surface area contributed by atoms with Crippen LogP contribution in [0.2, 0.25) is 0 Å². The molecule has 0 amide bonds. The number of unbranched alkanes of at least 4 members (excludes halogenated alkanes) is 9. The van der Waals surface area contributed by atoms with Crippen molar-refractivity contribution in [3.8, 4) is 0 Å². The molecule has 1 rings (SSSR count). The topological polar surface area (TPSA) is 210 Å². The summed E-state index contributed by atoms with van der Waals surface area (Å²) in [6.07, 6.45) is 28.2. The molecule has 0 aromatic rings. The number of allylic oxidation sites excluding steroid dienone is 12. The van der Waals surface area contributed by atoms with Crippen LogP contribution in [0.4, 0.5) is 0 Å². The van der Waals surface area contributed by atoms with Crippen LogP contribution in [0, 0.1) is 0 Å². The molecule has 1 saturated carbocycles. The zero-order valence-electron chi connectivity index (χ0n) is 34.8. The first-order chi connectivity index (χ1) is 27.9. The Morgan fingerprint density at radius 2 is 0.983 bits per heavy atom. The Morgan fingerprint density at radius 3 is 1.53 bits per heavy atom. The Balaban J connectivity index is 2.55. The number of aliphatic hydroxyl groups excluding tert-OH is 5. The minimum absolute atomic E-state index is 0.0374. The molecule has 0 heterocycles. The SMILES string of the molecule is CC/C=C/C/C=C/C/C=C/C/C=C/CCCCC(=O)O[C@@H](COC(=O)CCCCCCC/C=C/C/C=C/CCCC)COP(=O)(O)OC1C(O)C(O)C(O)[C@H](O)C1O. The summed E-state index contributed by atoms with van der Waals surface area (Å²) in [5, 5.41) is 50.0. The van der Waals surface area contributed by atoms with Crippen LogP contribution in [0.1, 0.15) is 136 Å². The first-order valence-electron chi connectivity index (χ1n) is 21.2. The molecule has 1 aliphatic rings. The molecule has 0 saturated heterocycles. The fraction of sp³-hybridized carbons (Fsp3) is 0.682. The number of phosphoric acid groups is 1. The Morgan fingerprint density at radius 1 is 0.552 bits per heavy atom. The van der Waals surface area contributed by atoms with E-state index in [1.54, 1.807) is 0 Å². The van der Waals surface area contributed by atoms with E-state index in [0.29, 0.717) is 19.3 Å². The van der Waals surface area contributed by atoms with Gasteiger partial charge in [0.25, 0.3) is 0 Å². The van der Waals surface area contributed by atoms with Crippen molar-refractivity contribution in [2.75, 3.05) is 13.2 Å². The predicted molar refractivity (Wildman–Crippen MR) is 225 cm³/mol. The van der Waals surface area contributed by atoms with E-state index in [1.165, 1.54) is 12.8 Å². The second kappa shape index (κ2) is 34.0. The summed E-state index contributed by atoms with van der Waals surface area (Å²) in [6, 6.07) is 0. The molecule has 0 aromatic heterocycles. The van der Waals surface area contributed by atoms with Crippen LogP contribution < -0.4 is 0 Å². The Kier molecular flexibility index (Phi) is 31.3. The van der Waals surface area contributed by atoms with E-state index in [4.69, 9.17) is 18.5 Å². The van der Waals surface area contributed by atoms with Crippen molar-refractivity contribution in [2.45, 2.75) is 179 Å². The molecule has 0 aliphatic heterocycles. The van der Waals surface area contributed by atoms with Gasteiger partial charge >= 0.3 is 19.8 Å². The normalized spacial score (nSPS) is 23.2. The molecule has 1 fully saturated rings. The van der Waals surface area contributed by atoms with Gasteiger partial charge in [0.2, 0.25) is 0 Å². The van der Waals surface area contributed by atoms with Gasteiger partial charge in [-0.2, -0.15) is 0 Å². The summed E-state index contributed by atoms with van der Waals surface area (Å²) < 4.78 is 33.4. The number of hydrogen-bond acceptors (Lipinski definition) is 12. The van der Waals surface area contributed by atoms with Crippen LogP contribution in [0.25, 0.3) is 0 Å². The van der Waals surface area contributed by atoms with Gasteiger partial charge in [-0.05, 0) is 77.0 Å². The molecule has 0 aromatic carbocycles. The minimum atomic E-state index is -5.13. The maximum Gasteiger partial charge on any atom is 0.472 e. The summed E-state index contributed by atoms with van der Waals surface area (Å²) in [5.41, 5.74) is 0. The third kappa shape index (κ3) is 26.4. The number of esters is 2. The maximum absolute atomic E-state index is 12.8. The number of hydrogen-bond donors (Lipinski definition) is 6. The Hall–Kier alpha value is -2.71. The van der Waals surface area contributed by atoms with Crippen LogP contribution in [0.3, 0.4) is 0 Å². The number of ether oxygens (including phenoxy) is 2. The van der Waals surface area contributed by atoms with Crippen LogP contribution >= 0.6 is 7.82 Å². The Labute approximate surface area is 346 Å². The summed E-state index contributed by atoms with van der Waals surface area (Å²) >= 11 is 0. The molecule has 0 radical (unpaired) electrons.